The van der Waals surface area contributed by atoms with Gasteiger partial charge >= 0.3 is 5.97 Å². The molecule has 0 saturated heterocycles. The first-order valence-corrected chi connectivity index (χ1v) is 9.61. The summed E-state index contributed by atoms with van der Waals surface area (Å²) < 4.78 is 9.66. The van der Waals surface area contributed by atoms with Gasteiger partial charge in [-0.3, -0.25) is 9.59 Å². The molecule has 2 atom stereocenters. The molecule has 0 aromatic heterocycles. The van der Waals surface area contributed by atoms with Crippen LogP contribution in [0.3, 0.4) is 0 Å². The quantitative estimate of drug-likeness (QED) is 0.588. The summed E-state index contributed by atoms with van der Waals surface area (Å²) in [5.74, 6) is -1.42. The topological polar surface area (TPSA) is 93.7 Å². The van der Waals surface area contributed by atoms with Crippen molar-refractivity contribution < 1.29 is 23.9 Å². The lowest BCUT2D eigenvalue weighted by atomic mass is 10.2. The molecule has 7 nitrogen and oxygen atoms in total. The van der Waals surface area contributed by atoms with Crippen LogP contribution >= 0.6 is 35.0 Å². The average molecular weight is 423 g/mol. The molecule has 0 aliphatic rings. The second kappa shape index (κ2) is 11.3. The van der Waals surface area contributed by atoms with Crippen molar-refractivity contribution in [2.45, 2.75) is 12.1 Å². The lowest BCUT2D eigenvalue weighted by Crippen LogP contribution is -2.54. The average Bonchev–Trinajstić information content (AvgIpc) is 2.62. The number of rotatable bonds is 9. The van der Waals surface area contributed by atoms with Crippen LogP contribution in [0.4, 0.5) is 0 Å². The van der Waals surface area contributed by atoms with E-state index in [2.05, 4.69) is 15.4 Å². The number of methoxy groups -OCH3 is 2. The maximum atomic E-state index is 12.5. The molecule has 0 aliphatic carbocycles. The minimum Gasteiger partial charge on any atom is -0.467 e. The van der Waals surface area contributed by atoms with E-state index in [9.17, 15) is 14.4 Å². The van der Waals surface area contributed by atoms with Gasteiger partial charge in [-0.05, 0) is 24.5 Å². The van der Waals surface area contributed by atoms with E-state index in [1.165, 1.54) is 38.1 Å². The standard InChI is InChI=1S/C16H20Cl2N2O5S/c1-24-7-12(15(22)20-13(8-26-3)16(23)25-2)19-14(21)10-6-9(17)4-5-11(10)18/h4-6,12-13H,7-8H2,1-3H3,(H,19,21)(H,20,22)/t12-,13+/m0/s1. The van der Waals surface area contributed by atoms with Gasteiger partial charge in [0.15, 0.2) is 0 Å². The Kier molecular flexibility index (Phi) is 9.79. The number of carbonyl (C=O) groups excluding carboxylic acids is 3. The fourth-order valence-electron chi connectivity index (χ4n) is 2.01. The maximum absolute atomic E-state index is 12.5. The first kappa shape index (κ1) is 22.6. The van der Waals surface area contributed by atoms with Crippen LogP contribution in [-0.4, -0.2) is 62.7 Å². The number of hydrogen-bond donors (Lipinski definition) is 2. The summed E-state index contributed by atoms with van der Waals surface area (Å²) >= 11 is 13.2. The molecule has 0 unspecified atom stereocenters. The zero-order valence-corrected chi connectivity index (χ0v) is 16.8. The molecular formula is C16H20Cl2N2O5S. The Balaban J connectivity index is 2.89. The normalized spacial score (nSPS) is 12.8. The van der Waals surface area contributed by atoms with Gasteiger partial charge in [-0.2, -0.15) is 11.8 Å². The van der Waals surface area contributed by atoms with E-state index in [1.807, 2.05) is 0 Å². The molecule has 1 aromatic rings. The summed E-state index contributed by atoms with van der Waals surface area (Å²) in [6.45, 7) is -0.0943. The van der Waals surface area contributed by atoms with Gasteiger partial charge in [0.25, 0.3) is 5.91 Å². The van der Waals surface area contributed by atoms with Crippen molar-refractivity contribution in [2.75, 3.05) is 32.8 Å². The molecule has 0 radical (unpaired) electrons. The van der Waals surface area contributed by atoms with Gasteiger partial charge in [0, 0.05) is 17.9 Å². The Labute approximate surface area is 166 Å². The van der Waals surface area contributed by atoms with Crippen molar-refractivity contribution in [1.82, 2.24) is 10.6 Å². The van der Waals surface area contributed by atoms with E-state index < -0.39 is 29.9 Å². The van der Waals surface area contributed by atoms with Crippen molar-refractivity contribution in [3.05, 3.63) is 33.8 Å². The molecule has 0 aliphatic heterocycles. The van der Waals surface area contributed by atoms with Crippen LogP contribution in [0.25, 0.3) is 0 Å². The summed E-state index contributed by atoms with van der Waals surface area (Å²) in [7, 11) is 2.62. The smallest absolute Gasteiger partial charge is 0.329 e. The predicted molar refractivity (Wildman–Crippen MR) is 102 cm³/mol. The monoisotopic (exact) mass is 422 g/mol. The van der Waals surface area contributed by atoms with Gasteiger partial charge in [0.2, 0.25) is 5.91 Å². The number of ether oxygens (including phenoxy) is 2. The van der Waals surface area contributed by atoms with Crippen LogP contribution in [-0.2, 0) is 19.1 Å². The minimum absolute atomic E-state index is 0.0943. The zero-order chi connectivity index (χ0) is 19.7. The van der Waals surface area contributed by atoms with E-state index in [4.69, 9.17) is 27.9 Å². The molecule has 10 heteroatoms. The van der Waals surface area contributed by atoms with E-state index in [-0.39, 0.29) is 17.2 Å². The third-order valence-electron chi connectivity index (χ3n) is 3.26. The number of amides is 2. The van der Waals surface area contributed by atoms with Crippen LogP contribution in [0.2, 0.25) is 10.0 Å². The van der Waals surface area contributed by atoms with Crippen LogP contribution < -0.4 is 10.6 Å². The SMILES string of the molecule is COC[C@H](NC(=O)c1cc(Cl)ccc1Cl)C(=O)N[C@H](CSC)C(=O)OC. The highest BCUT2D eigenvalue weighted by molar-refractivity contribution is 7.98. The van der Waals surface area contributed by atoms with Crippen molar-refractivity contribution in [3.8, 4) is 0 Å². The lowest BCUT2D eigenvalue weighted by Gasteiger charge is -2.21. The number of benzene rings is 1. The number of hydrogen-bond acceptors (Lipinski definition) is 6. The molecule has 1 rings (SSSR count). The number of halogens is 2. The number of thioether (sulfide) groups is 1. The lowest BCUT2D eigenvalue weighted by molar-refractivity contribution is -0.144. The summed E-state index contributed by atoms with van der Waals surface area (Å²) in [5, 5.41) is 5.60. The third kappa shape index (κ3) is 6.68. The highest BCUT2D eigenvalue weighted by Gasteiger charge is 2.27. The predicted octanol–water partition coefficient (Wildman–Crippen LogP) is 1.76. The Morgan fingerprint density at radius 2 is 1.85 bits per heavy atom. The Hall–Kier alpha value is -1.48. The second-order valence-electron chi connectivity index (χ2n) is 5.15. The third-order valence-corrected chi connectivity index (χ3v) is 4.50. The molecule has 0 saturated carbocycles. The van der Waals surface area contributed by atoms with Crippen LogP contribution in [0.1, 0.15) is 10.4 Å². The summed E-state index contributed by atoms with van der Waals surface area (Å²) in [5.41, 5.74) is 0.127. The largest absolute Gasteiger partial charge is 0.467 e. The second-order valence-corrected chi connectivity index (χ2v) is 6.90. The molecular weight excluding hydrogens is 403 g/mol. The fraction of sp³-hybridized carbons (Fsp3) is 0.438. The Morgan fingerprint density at radius 3 is 2.42 bits per heavy atom. The molecule has 0 heterocycles. The van der Waals surface area contributed by atoms with Crippen LogP contribution in [0, 0.1) is 0 Å². The van der Waals surface area contributed by atoms with Gasteiger partial charge in [0.1, 0.15) is 12.1 Å². The van der Waals surface area contributed by atoms with Gasteiger partial charge in [0.05, 0.1) is 24.3 Å². The van der Waals surface area contributed by atoms with E-state index >= 15 is 0 Å². The summed E-state index contributed by atoms with van der Waals surface area (Å²) in [6, 6.07) is 2.55. The number of esters is 1. The van der Waals surface area contributed by atoms with Gasteiger partial charge < -0.3 is 20.1 Å². The molecule has 144 valence electrons. The fourth-order valence-corrected chi connectivity index (χ4v) is 2.94. The van der Waals surface area contributed by atoms with Crippen molar-refractivity contribution in [2.24, 2.45) is 0 Å². The van der Waals surface area contributed by atoms with E-state index in [1.54, 1.807) is 12.3 Å². The van der Waals surface area contributed by atoms with Gasteiger partial charge in [-0.25, -0.2) is 4.79 Å². The van der Waals surface area contributed by atoms with Gasteiger partial charge in [-0.15, -0.1) is 0 Å². The highest BCUT2D eigenvalue weighted by atomic mass is 35.5. The van der Waals surface area contributed by atoms with Crippen molar-refractivity contribution in [1.29, 1.82) is 0 Å². The maximum Gasteiger partial charge on any atom is 0.329 e. The van der Waals surface area contributed by atoms with E-state index in [0.717, 1.165) is 0 Å². The molecule has 26 heavy (non-hydrogen) atoms. The molecule has 2 amide bonds. The first-order valence-electron chi connectivity index (χ1n) is 7.46. The van der Waals surface area contributed by atoms with Crippen LogP contribution in [0.15, 0.2) is 18.2 Å². The highest BCUT2D eigenvalue weighted by Crippen LogP contribution is 2.20. The molecule has 1 aromatic carbocycles. The van der Waals surface area contributed by atoms with Gasteiger partial charge in [-0.1, -0.05) is 23.2 Å². The number of nitrogens with one attached hydrogen (secondary N) is 2. The van der Waals surface area contributed by atoms with Crippen molar-refractivity contribution in [3.63, 3.8) is 0 Å². The molecule has 0 bridgehead atoms. The van der Waals surface area contributed by atoms with Crippen molar-refractivity contribution >= 4 is 52.7 Å². The zero-order valence-electron chi connectivity index (χ0n) is 14.5. The number of carbonyl (C=O) groups is 3. The van der Waals surface area contributed by atoms with Crippen LogP contribution in [0.5, 0.6) is 0 Å². The summed E-state index contributed by atoms with van der Waals surface area (Å²) in [4.78, 5) is 36.6. The Morgan fingerprint density at radius 1 is 1.15 bits per heavy atom. The molecule has 0 fully saturated rings. The summed E-state index contributed by atoms with van der Waals surface area (Å²) in [6.07, 6.45) is 1.79. The van der Waals surface area contributed by atoms with E-state index in [0.29, 0.717) is 10.8 Å². The first-order chi connectivity index (χ1) is 12.3. The molecule has 2 N–H and O–H groups in total. The minimum atomic E-state index is -1.03. The Bertz CT molecular complexity index is 660. The molecule has 0 spiro atoms.